The molecule has 7 nitrogen and oxygen atoms in total. The second-order valence-electron chi connectivity index (χ2n) is 11.1. The average molecular weight is 488 g/mol. The number of imide groups is 1. The largest absolute Gasteiger partial charge is 0.291 e. The van der Waals surface area contributed by atoms with Crippen molar-refractivity contribution in [3.63, 3.8) is 0 Å². The Morgan fingerprint density at radius 2 is 1.47 bits per heavy atom. The molecule has 4 saturated carbocycles. The summed E-state index contributed by atoms with van der Waals surface area (Å²) in [5.74, 6) is 0.749. The zero-order valence-electron chi connectivity index (χ0n) is 20.4. The van der Waals surface area contributed by atoms with Crippen molar-refractivity contribution in [1.29, 1.82) is 0 Å². The quantitative estimate of drug-likeness (QED) is 0.463. The lowest BCUT2D eigenvalue weighted by atomic mass is 9.47. The third kappa shape index (κ3) is 4.14. The molecule has 4 bridgehead atoms. The summed E-state index contributed by atoms with van der Waals surface area (Å²) in [6, 6.07) is 18.9. The van der Waals surface area contributed by atoms with Crippen LogP contribution in [0.3, 0.4) is 0 Å². The molecule has 36 heavy (non-hydrogen) atoms. The van der Waals surface area contributed by atoms with E-state index in [0.29, 0.717) is 18.3 Å². The van der Waals surface area contributed by atoms with E-state index < -0.39 is 17.5 Å². The van der Waals surface area contributed by atoms with Crippen molar-refractivity contribution in [2.75, 3.05) is 6.54 Å². The molecule has 7 rings (SSSR count). The van der Waals surface area contributed by atoms with Crippen molar-refractivity contribution in [2.45, 2.75) is 56.7 Å². The van der Waals surface area contributed by atoms with Crippen LogP contribution in [0.25, 0.3) is 0 Å². The van der Waals surface area contributed by atoms with E-state index in [4.69, 9.17) is 4.84 Å². The number of rotatable bonds is 7. The first kappa shape index (κ1) is 23.4. The third-order valence-electron chi connectivity index (χ3n) is 8.85. The van der Waals surface area contributed by atoms with Crippen molar-refractivity contribution in [3.05, 3.63) is 71.8 Å². The highest BCUT2D eigenvalue weighted by Gasteiger charge is 2.65. The number of hydrogen-bond donors (Lipinski definition) is 2. The summed E-state index contributed by atoms with van der Waals surface area (Å²) in [4.78, 5) is 47.1. The minimum atomic E-state index is -0.758. The molecule has 2 N–H and O–H groups in total. The summed E-state index contributed by atoms with van der Waals surface area (Å²) in [5, 5.41) is 3.62. The summed E-state index contributed by atoms with van der Waals surface area (Å²) < 4.78 is 0. The van der Waals surface area contributed by atoms with Crippen LogP contribution in [0.5, 0.6) is 0 Å². The third-order valence-corrected chi connectivity index (χ3v) is 8.85. The summed E-state index contributed by atoms with van der Waals surface area (Å²) in [5.41, 5.74) is 3.63. The standard InChI is InChI=1S/C29H33N3O4/c33-26(31-36-18-20-9-5-2-6-10-20)17-32-27(34)25(16-19-7-3-1-4-8-19)30-29(28(32)35)23-12-21-11-22(14-23)15-24(29)13-21/h1-10,21-25,30H,11-18H2,(H,31,33)/t21?,22?,23?,24?,25-,29?/m1/s1. The van der Waals surface area contributed by atoms with Crippen LogP contribution < -0.4 is 10.8 Å². The van der Waals surface area contributed by atoms with Crippen LogP contribution in [0, 0.1) is 23.7 Å². The highest BCUT2D eigenvalue weighted by atomic mass is 16.6. The Hall–Kier alpha value is -3.03. The molecular formula is C29H33N3O4. The minimum Gasteiger partial charge on any atom is -0.291 e. The predicted molar refractivity (Wildman–Crippen MR) is 133 cm³/mol. The number of benzene rings is 2. The van der Waals surface area contributed by atoms with Crippen LogP contribution >= 0.6 is 0 Å². The van der Waals surface area contributed by atoms with Gasteiger partial charge in [0, 0.05) is 0 Å². The lowest BCUT2D eigenvalue weighted by Crippen LogP contribution is -2.79. The van der Waals surface area contributed by atoms with Gasteiger partial charge in [0.2, 0.25) is 5.91 Å². The van der Waals surface area contributed by atoms with Gasteiger partial charge >= 0.3 is 0 Å². The molecule has 1 saturated heterocycles. The highest BCUT2D eigenvalue weighted by Crippen LogP contribution is 2.59. The van der Waals surface area contributed by atoms with E-state index in [2.05, 4.69) is 10.8 Å². The second kappa shape index (κ2) is 9.45. The van der Waals surface area contributed by atoms with Gasteiger partial charge in [0.15, 0.2) is 0 Å². The van der Waals surface area contributed by atoms with Crippen LogP contribution in [-0.4, -0.2) is 40.7 Å². The molecule has 5 fully saturated rings. The fourth-order valence-corrected chi connectivity index (χ4v) is 7.52. The Kier molecular flexibility index (Phi) is 6.13. The van der Waals surface area contributed by atoms with Crippen LogP contribution in [-0.2, 0) is 32.2 Å². The van der Waals surface area contributed by atoms with E-state index in [1.807, 2.05) is 60.7 Å². The average Bonchev–Trinajstić information content (AvgIpc) is 2.88. The van der Waals surface area contributed by atoms with Gasteiger partial charge in [-0.2, -0.15) is 0 Å². The first-order valence-corrected chi connectivity index (χ1v) is 13.1. The highest BCUT2D eigenvalue weighted by molar-refractivity contribution is 6.07. The van der Waals surface area contributed by atoms with Gasteiger partial charge in [-0.15, -0.1) is 0 Å². The molecule has 4 aliphatic carbocycles. The molecule has 3 amide bonds. The summed E-state index contributed by atoms with van der Waals surface area (Å²) in [6.45, 7) is -0.114. The first-order valence-electron chi connectivity index (χ1n) is 13.1. The Balaban J connectivity index is 1.22. The Morgan fingerprint density at radius 1 is 0.889 bits per heavy atom. The summed E-state index contributed by atoms with van der Waals surface area (Å²) in [7, 11) is 0. The number of nitrogens with one attached hydrogen (secondary N) is 2. The molecule has 5 aliphatic rings. The van der Waals surface area contributed by atoms with Crippen LogP contribution in [0.1, 0.15) is 43.2 Å². The van der Waals surface area contributed by atoms with Crippen LogP contribution in [0.4, 0.5) is 0 Å². The topological polar surface area (TPSA) is 87.7 Å². The van der Waals surface area contributed by atoms with Crippen molar-refractivity contribution in [3.8, 4) is 0 Å². The zero-order chi connectivity index (χ0) is 24.7. The minimum absolute atomic E-state index is 0.212. The molecule has 0 unspecified atom stereocenters. The van der Waals surface area contributed by atoms with Gasteiger partial charge in [0.1, 0.15) is 12.1 Å². The Bertz CT molecular complexity index is 1110. The second-order valence-corrected chi connectivity index (χ2v) is 11.1. The van der Waals surface area contributed by atoms with E-state index in [0.717, 1.165) is 36.8 Å². The van der Waals surface area contributed by atoms with Crippen molar-refractivity contribution >= 4 is 17.7 Å². The molecular weight excluding hydrogens is 454 g/mol. The SMILES string of the molecule is O=C(CN1C(=O)[C@@H](Cc2ccccc2)NC2(C1=O)C1CC3CC(C1)CC2C3)NOCc1ccccc1. The van der Waals surface area contributed by atoms with Crippen molar-refractivity contribution < 1.29 is 19.2 Å². The number of carbonyl (C=O) groups excluding carboxylic acids is 3. The maximum Gasteiger partial charge on any atom is 0.263 e. The maximum absolute atomic E-state index is 14.1. The van der Waals surface area contributed by atoms with Gasteiger partial charge in [-0.1, -0.05) is 60.7 Å². The fourth-order valence-electron chi connectivity index (χ4n) is 7.52. The first-order chi connectivity index (χ1) is 17.5. The summed E-state index contributed by atoms with van der Waals surface area (Å²) in [6.07, 6.45) is 5.87. The van der Waals surface area contributed by atoms with Gasteiger partial charge < -0.3 is 0 Å². The van der Waals surface area contributed by atoms with Crippen molar-refractivity contribution in [1.82, 2.24) is 15.7 Å². The van der Waals surface area contributed by atoms with Gasteiger partial charge in [0.05, 0.1) is 12.6 Å². The van der Waals surface area contributed by atoms with E-state index in [1.165, 1.54) is 11.3 Å². The fraction of sp³-hybridized carbons (Fsp3) is 0.483. The molecule has 1 heterocycles. The van der Waals surface area contributed by atoms with Gasteiger partial charge in [-0.25, -0.2) is 5.48 Å². The molecule has 2 aromatic rings. The normalized spacial score (nSPS) is 32.8. The Labute approximate surface area is 211 Å². The van der Waals surface area contributed by atoms with E-state index in [1.54, 1.807) is 0 Å². The number of piperazine rings is 1. The molecule has 188 valence electrons. The number of hydroxylamine groups is 1. The molecule has 2 aromatic carbocycles. The van der Waals surface area contributed by atoms with Gasteiger partial charge in [-0.05, 0) is 73.3 Å². The number of carbonyl (C=O) groups is 3. The van der Waals surface area contributed by atoms with E-state index in [9.17, 15) is 14.4 Å². The van der Waals surface area contributed by atoms with Crippen molar-refractivity contribution in [2.24, 2.45) is 23.7 Å². The number of amides is 3. The number of nitrogens with zero attached hydrogens (tertiary/aromatic N) is 1. The molecule has 1 aliphatic heterocycles. The molecule has 1 atom stereocenters. The Morgan fingerprint density at radius 3 is 2.08 bits per heavy atom. The molecule has 0 aromatic heterocycles. The van der Waals surface area contributed by atoms with E-state index >= 15 is 0 Å². The summed E-state index contributed by atoms with van der Waals surface area (Å²) >= 11 is 0. The lowest BCUT2D eigenvalue weighted by Gasteiger charge is -2.63. The monoisotopic (exact) mass is 487 g/mol. The maximum atomic E-state index is 14.1. The zero-order valence-corrected chi connectivity index (χ0v) is 20.4. The van der Waals surface area contributed by atoms with E-state index in [-0.39, 0.29) is 36.8 Å². The van der Waals surface area contributed by atoms with Gasteiger partial charge in [-0.3, -0.25) is 29.4 Å². The van der Waals surface area contributed by atoms with Crippen LogP contribution in [0.15, 0.2) is 60.7 Å². The number of hydrogen-bond acceptors (Lipinski definition) is 5. The van der Waals surface area contributed by atoms with Gasteiger partial charge in [0.25, 0.3) is 11.8 Å². The molecule has 1 spiro atoms. The predicted octanol–water partition coefficient (Wildman–Crippen LogP) is 3.00. The molecule has 7 heteroatoms. The van der Waals surface area contributed by atoms with Crippen LogP contribution in [0.2, 0.25) is 0 Å². The molecule has 0 radical (unpaired) electrons. The smallest absolute Gasteiger partial charge is 0.263 e. The lowest BCUT2D eigenvalue weighted by molar-refractivity contribution is -0.175.